The molecule has 0 bridgehead atoms. The molecule has 2 rings (SSSR count). The predicted molar refractivity (Wildman–Crippen MR) is 74.0 cm³/mol. The number of ether oxygens (including phenoxy) is 1. The molecule has 1 aromatic rings. The maximum absolute atomic E-state index is 13.2. The lowest BCUT2D eigenvalue weighted by molar-refractivity contribution is -0.304. The van der Waals surface area contributed by atoms with Crippen LogP contribution in [0.4, 0.5) is 26.3 Å². The molecule has 1 aliphatic rings. The van der Waals surface area contributed by atoms with E-state index in [0.717, 1.165) is 12.1 Å². The summed E-state index contributed by atoms with van der Waals surface area (Å²) in [6.45, 7) is 0.796. The van der Waals surface area contributed by atoms with Crippen molar-refractivity contribution in [2.45, 2.75) is 43.9 Å². The van der Waals surface area contributed by atoms with E-state index < -0.39 is 36.2 Å². The lowest BCUT2D eigenvalue weighted by Crippen LogP contribution is -2.45. The Morgan fingerprint density at radius 1 is 1.24 bits per heavy atom. The van der Waals surface area contributed by atoms with Gasteiger partial charge in [-0.2, -0.15) is 22.0 Å². The Labute approximate surface area is 139 Å². The Morgan fingerprint density at radius 2 is 1.84 bits per heavy atom. The smallest absolute Gasteiger partial charge is 0.439 e. The molecule has 0 radical (unpaired) electrons. The minimum Gasteiger partial charge on any atom is -0.480 e. The molecule has 2 unspecified atom stereocenters. The number of benzene rings is 1. The van der Waals surface area contributed by atoms with Crippen LogP contribution in [-0.4, -0.2) is 47.0 Å². The van der Waals surface area contributed by atoms with E-state index in [1.165, 1.54) is 12.1 Å². The fraction of sp³-hybridized carbons (Fsp3) is 0.533. The van der Waals surface area contributed by atoms with Crippen LogP contribution >= 0.6 is 0 Å². The topological polar surface area (TPSA) is 49.8 Å². The van der Waals surface area contributed by atoms with Crippen LogP contribution in [0, 0.1) is 0 Å². The van der Waals surface area contributed by atoms with Crippen LogP contribution < -0.4 is 4.74 Å². The molecule has 1 heterocycles. The molecule has 1 aromatic carbocycles. The molecule has 0 aliphatic carbocycles. The molecule has 2 atom stereocenters. The molecule has 25 heavy (non-hydrogen) atoms. The van der Waals surface area contributed by atoms with E-state index in [1.807, 2.05) is 0 Å². The van der Waals surface area contributed by atoms with Gasteiger partial charge in [0.05, 0.1) is 0 Å². The van der Waals surface area contributed by atoms with Gasteiger partial charge in [0.15, 0.2) is 0 Å². The standard InChI is InChI=1S/C15H15F6NO3/c16-13(14(17,18)19)15(20,21)25-10-5-3-9(4-6-10)8-22-7-1-2-11(22)12(23)24/h3-6,11,13H,1-2,7-8H2,(H,23,24). The third-order valence-corrected chi connectivity index (χ3v) is 3.79. The van der Waals surface area contributed by atoms with Gasteiger partial charge in [0.1, 0.15) is 11.8 Å². The fourth-order valence-corrected chi connectivity index (χ4v) is 2.59. The molecule has 1 N–H and O–H groups in total. The van der Waals surface area contributed by atoms with E-state index in [9.17, 15) is 31.1 Å². The first-order valence-corrected chi connectivity index (χ1v) is 7.34. The van der Waals surface area contributed by atoms with Crippen LogP contribution in [0.15, 0.2) is 24.3 Å². The number of carboxylic acids is 1. The second kappa shape index (κ2) is 7.11. The van der Waals surface area contributed by atoms with Crippen LogP contribution in [0.1, 0.15) is 18.4 Å². The number of nitrogens with zero attached hydrogens (tertiary/aromatic N) is 1. The number of carboxylic acid groups (broad SMARTS) is 1. The molecule has 4 nitrogen and oxygen atoms in total. The number of halogens is 6. The van der Waals surface area contributed by atoms with E-state index >= 15 is 0 Å². The molecule has 10 heteroatoms. The highest BCUT2D eigenvalue weighted by atomic mass is 19.4. The van der Waals surface area contributed by atoms with Crippen LogP contribution in [0.25, 0.3) is 0 Å². The average molecular weight is 371 g/mol. The third-order valence-electron chi connectivity index (χ3n) is 3.79. The van der Waals surface area contributed by atoms with Gasteiger partial charge in [0.2, 0.25) is 0 Å². The Bertz CT molecular complexity index is 604. The SMILES string of the molecule is O=C(O)C1CCCN1Cc1ccc(OC(F)(F)C(F)C(F)(F)F)cc1. The Kier molecular flexibility index (Phi) is 5.50. The molecule has 140 valence electrons. The first-order chi connectivity index (χ1) is 11.5. The maximum Gasteiger partial charge on any atom is 0.439 e. The minimum atomic E-state index is -5.75. The monoisotopic (exact) mass is 371 g/mol. The van der Waals surface area contributed by atoms with Crippen LogP contribution in [0.2, 0.25) is 0 Å². The lowest BCUT2D eigenvalue weighted by Gasteiger charge is -2.23. The van der Waals surface area contributed by atoms with Crippen molar-refractivity contribution in [1.82, 2.24) is 4.90 Å². The number of hydrogen-bond donors (Lipinski definition) is 1. The second-order valence-corrected chi connectivity index (χ2v) is 5.68. The van der Waals surface area contributed by atoms with Gasteiger partial charge in [0, 0.05) is 6.54 Å². The summed E-state index contributed by atoms with van der Waals surface area (Å²) < 4.78 is 79.1. The first-order valence-electron chi connectivity index (χ1n) is 7.34. The number of rotatable bonds is 6. The highest BCUT2D eigenvalue weighted by molar-refractivity contribution is 5.73. The van der Waals surface area contributed by atoms with E-state index in [0.29, 0.717) is 24.9 Å². The predicted octanol–water partition coefficient (Wildman–Crippen LogP) is 3.61. The maximum atomic E-state index is 13.2. The molecule has 1 fully saturated rings. The quantitative estimate of drug-likeness (QED) is 0.777. The molecular weight excluding hydrogens is 356 g/mol. The van der Waals surface area contributed by atoms with Crippen molar-refractivity contribution in [1.29, 1.82) is 0 Å². The summed E-state index contributed by atoms with van der Waals surface area (Å²) in [4.78, 5) is 12.8. The van der Waals surface area contributed by atoms with Crippen molar-refractivity contribution in [3.8, 4) is 5.75 Å². The van der Waals surface area contributed by atoms with Crippen molar-refractivity contribution in [3.63, 3.8) is 0 Å². The van der Waals surface area contributed by atoms with Gasteiger partial charge in [-0.3, -0.25) is 9.69 Å². The molecule has 0 saturated carbocycles. The molecule has 0 spiro atoms. The first kappa shape index (κ1) is 19.4. The zero-order chi connectivity index (χ0) is 18.8. The van der Waals surface area contributed by atoms with Crippen LogP contribution in [0.3, 0.4) is 0 Å². The molecule has 0 aromatic heterocycles. The van der Waals surface area contributed by atoms with Gasteiger partial charge >= 0.3 is 18.3 Å². The molecule has 0 amide bonds. The second-order valence-electron chi connectivity index (χ2n) is 5.68. The van der Waals surface area contributed by atoms with Crippen molar-refractivity contribution >= 4 is 5.97 Å². The van der Waals surface area contributed by atoms with Crippen molar-refractivity contribution in [2.24, 2.45) is 0 Å². The Hall–Kier alpha value is -1.97. The van der Waals surface area contributed by atoms with Gasteiger partial charge in [-0.15, -0.1) is 0 Å². The van der Waals surface area contributed by atoms with Gasteiger partial charge in [-0.1, -0.05) is 12.1 Å². The van der Waals surface area contributed by atoms with Crippen LogP contribution in [0.5, 0.6) is 5.75 Å². The van der Waals surface area contributed by atoms with Crippen molar-refractivity contribution in [2.75, 3.05) is 6.54 Å². The third kappa shape index (κ3) is 4.77. The number of carbonyl (C=O) groups is 1. The van der Waals surface area contributed by atoms with E-state index in [1.54, 1.807) is 4.90 Å². The summed E-state index contributed by atoms with van der Waals surface area (Å²) in [6, 6.07) is 3.95. The summed E-state index contributed by atoms with van der Waals surface area (Å²) in [5.41, 5.74) is 0.566. The van der Waals surface area contributed by atoms with E-state index in [-0.39, 0.29) is 6.54 Å². The summed E-state index contributed by atoms with van der Waals surface area (Å²) in [7, 11) is 0. The van der Waals surface area contributed by atoms with Crippen molar-refractivity contribution in [3.05, 3.63) is 29.8 Å². The highest BCUT2D eigenvalue weighted by Gasteiger charge is 2.59. The zero-order valence-electron chi connectivity index (χ0n) is 12.8. The van der Waals surface area contributed by atoms with Gasteiger partial charge in [-0.05, 0) is 37.1 Å². The largest absolute Gasteiger partial charge is 0.480 e. The van der Waals surface area contributed by atoms with E-state index in [4.69, 9.17) is 5.11 Å². The summed E-state index contributed by atoms with van der Waals surface area (Å²) in [6.07, 6.45) is -14.0. The highest BCUT2D eigenvalue weighted by Crippen LogP contribution is 2.36. The summed E-state index contributed by atoms with van der Waals surface area (Å²) in [5.74, 6) is -1.59. The Morgan fingerprint density at radius 3 is 2.36 bits per heavy atom. The molecule has 1 saturated heterocycles. The average Bonchev–Trinajstić information content (AvgIpc) is 2.95. The minimum absolute atomic E-state index is 0.238. The number of alkyl halides is 6. The van der Waals surface area contributed by atoms with Crippen molar-refractivity contribution < 1.29 is 41.0 Å². The number of aliphatic carboxylic acids is 1. The lowest BCUT2D eigenvalue weighted by atomic mass is 10.2. The van der Waals surface area contributed by atoms with E-state index in [2.05, 4.69) is 4.74 Å². The number of hydrogen-bond acceptors (Lipinski definition) is 3. The molecule has 1 aliphatic heterocycles. The zero-order valence-corrected chi connectivity index (χ0v) is 12.8. The summed E-state index contributed by atoms with van der Waals surface area (Å²) in [5, 5.41) is 9.08. The number of likely N-dealkylation sites (tertiary alicyclic amines) is 1. The normalized spacial score (nSPS) is 20.5. The van der Waals surface area contributed by atoms with Gasteiger partial charge in [-0.25, -0.2) is 4.39 Å². The van der Waals surface area contributed by atoms with Gasteiger partial charge < -0.3 is 9.84 Å². The summed E-state index contributed by atoms with van der Waals surface area (Å²) >= 11 is 0. The Balaban J connectivity index is 2.01. The van der Waals surface area contributed by atoms with Gasteiger partial charge in [0.25, 0.3) is 6.17 Å². The van der Waals surface area contributed by atoms with Crippen LogP contribution in [-0.2, 0) is 11.3 Å². The fourth-order valence-electron chi connectivity index (χ4n) is 2.59. The molecular formula is C15H15F6NO3.